The van der Waals surface area contributed by atoms with Gasteiger partial charge < -0.3 is 14.4 Å². The summed E-state index contributed by atoms with van der Waals surface area (Å²) in [4.78, 5) is 27.6. The van der Waals surface area contributed by atoms with Crippen molar-refractivity contribution >= 4 is 23.3 Å². The molecule has 2 atom stereocenters. The summed E-state index contributed by atoms with van der Waals surface area (Å²) in [5, 5.41) is 6.12. The smallest absolute Gasteiger partial charge is 0.354 e. The first-order valence-corrected chi connectivity index (χ1v) is 10.6. The highest BCUT2D eigenvalue weighted by Crippen LogP contribution is 2.32. The molecule has 0 bridgehead atoms. The van der Waals surface area contributed by atoms with Crippen molar-refractivity contribution in [2.24, 2.45) is 5.10 Å². The summed E-state index contributed by atoms with van der Waals surface area (Å²) < 4.78 is 10.4. The number of hydrazone groups is 1. The molecule has 4 rings (SSSR count). The van der Waals surface area contributed by atoms with Crippen molar-refractivity contribution < 1.29 is 19.1 Å². The predicted octanol–water partition coefficient (Wildman–Crippen LogP) is 3.21. The Kier molecular flexibility index (Phi) is 6.21. The molecule has 0 aliphatic carbocycles. The van der Waals surface area contributed by atoms with Crippen LogP contribution in [0.2, 0.25) is 0 Å². The van der Waals surface area contributed by atoms with E-state index in [0.29, 0.717) is 13.1 Å². The van der Waals surface area contributed by atoms with Gasteiger partial charge in [-0.2, -0.15) is 5.10 Å². The second-order valence-corrected chi connectivity index (χ2v) is 7.71. The van der Waals surface area contributed by atoms with Gasteiger partial charge >= 0.3 is 5.97 Å². The minimum Gasteiger partial charge on any atom is -0.497 e. The van der Waals surface area contributed by atoms with Crippen LogP contribution in [0.1, 0.15) is 31.2 Å². The highest BCUT2D eigenvalue weighted by Gasteiger charge is 2.40. The van der Waals surface area contributed by atoms with E-state index in [1.54, 1.807) is 19.0 Å². The topological polar surface area (TPSA) is 71.4 Å². The fourth-order valence-corrected chi connectivity index (χ4v) is 4.18. The van der Waals surface area contributed by atoms with Crippen LogP contribution in [-0.4, -0.2) is 55.3 Å². The molecule has 2 aromatic rings. The normalized spacial score (nSPS) is 20.5. The summed E-state index contributed by atoms with van der Waals surface area (Å²) in [5.41, 5.74) is 2.27. The lowest BCUT2D eigenvalue weighted by Gasteiger charge is -2.27. The predicted molar refractivity (Wildman–Crippen MR) is 118 cm³/mol. The van der Waals surface area contributed by atoms with Crippen molar-refractivity contribution in [3.63, 3.8) is 0 Å². The van der Waals surface area contributed by atoms with E-state index in [0.717, 1.165) is 17.9 Å². The van der Waals surface area contributed by atoms with Crippen LogP contribution in [0.25, 0.3) is 0 Å². The Morgan fingerprint density at radius 2 is 1.84 bits per heavy atom. The first-order chi connectivity index (χ1) is 15.1. The highest BCUT2D eigenvalue weighted by molar-refractivity contribution is 6.38. The van der Waals surface area contributed by atoms with E-state index in [9.17, 15) is 9.59 Å². The molecule has 0 N–H and O–H groups in total. The van der Waals surface area contributed by atoms with Gasteiger partial charge in [-0.05, 0) is 43.2 Å². The van der Waals surface area contributed by atoms with Gasteiger partial charge in [0.1, 0.15) is 17.5 Å². The van der Waals surface area contributed by atoms with E-state index in [2.05, 4.69) is 17.2 Å². The Bertz CT molecular complexity index is 959. The molecule has 1 fully saturated rings. The Hall–Kier alpha value is -3.35. The van der Waals surface area contributed by atoms with E-state index < -0.39 is 12.0 Å². The summed E-state index contributed by atoms with van der Waals surface area (Å²) in [6, 6.07) is 17.0. The van der Waals surface area contributed by atoms with E-state index in [4.69, 9.17) is 9.47 Å². The van der Waals surface area contributed by atoms with Crippen molar-refractivity contribution in [3.8, 4) is 5.75 Å². The van der Waals surface area contributed by atoms with E-state index >= 15 is 0 Å². The number of rotatable bonds is 6. The van der Waals surface area contributed by atoms with E-state index in [1.165, 1.54) is 5.56 Å². The quantitative estimate of drug-likeness (QED) is 0.670. The van der Waals surface area contributed by atoms with Crippen LogP contribution < -0.4 is 9.75 Å². The molecule has 2 aliphatic heterocycles. The fraction of sp³-hybridized carbons (Fsp3) is 0.375. The number of anilines is 1. The number of esters is 1. The number of benzene rings is 2. The zero-order chi connectivity index (χ0) is 21.8. The minimum absolute atomic E-state index is 0.0112. The maximum atomic E-state index is 13.5. The van der Waals surface area contributed by atoms with E-state index in [1.807, 2.05) is 47.4 Å². The molecule has 7 heteroatoms. The average molecular weight is 421 g/mol. The lowest BCUT2D eigenvalue weighted by molar-refractivity contribution is -0.135. The molecule has 0 saturated carbocycles. The first kappa shape index (κ1) is 20.9. The number of para-hydroxylation sites is 1. The Morgan fingerprint density at radius 1 is 1.10 bits per heavy atom. The van der Waals surface area contributed by atoms with Crippen LogP contribution in [0.4, 0.5) is 5.69 Å². The summed E-state index contributed by atoms with van der Waals surface area (Å²) >= 11 is 0. The zero-order valence-electron chi connectivity index (χ0n) is 17.9. The van der Waals surface area contributed by atoms with Gasteiger partial charge in [0.15, 0.2) is 0 Å². The number of carbonyl (C=O) groups excluding carboxylic acids is 2. The van der Waals surface area contributed by atoms with Crippen LogP contribution in [0, 0.1) is 0 Å². The third-order valence-electron chi connectivity index (χ3n) is 5.81. The van der Waals surface area contributed by atoms with Gasteiger partial charge in [-0.25, -0.2) is 4.79 Å². The molecule has 0 radical (unpaired) electrons. The van der Waals surface area contributed by atoms with Crippen molar-refractivity contribution in [1.82, 2.24) is 4.90 Å². The van der Waals surface area contributed by atoms with Gasteiger partial charge in [0.2, 0.25) is 5.91 Å². The monoisotopic (exact) mass is 421 g/mol. The third-order valence-corrected chi connectivity index (χ3v) is 5.81. The standard InChI is InChI=1S/C24H27N3O4/c1-3-31-24(29)21-15-22(27(25-21)19-7-5-4-6-8-19)23(28)26-14-13-18(16-26)17-9-11-20(30-2)12-10-17/h4-12,18,22H,3,13-16H2,1-2H3. The Morgan fingerprint density at radius 3 is 2.52 bits per heavy atom. The Labute approximate surface area is 182 Å². The van der Waals surface area contributed by atoms with Crippen LogP contribution in [0.5, 0.6) is 5.75 Å². The van der Waals surface area contributed by atoms with Crippen LogP contribution in [-0.2, 0) is 14.3 Å². The van der Waals surface area contributed by atoms with Crippen molar-refractivity contribution in [3.05, 3.63) is 60.2 Å². The molecule has 1 amide bonds. The number of carbonyl (C=O) groups is 2. The number of hydrogen-bond acceptors (Lipinski definition) is 6. The molecule has 7 nitrogen and oxygen atoms in total. The van der Waals surface area contributed by atoms with Gasteiger partial charge in [-0.1, -0.05) is 30.3 Å². The molecular weight excluding hydrogens is 394 g/mol. The molecule has 2 aliphatic rings. The summed E-state index contributed by atoms with van der Waals surface area (Å²) in [6.07, 6.45) is 1.15. The van der Waals surface area contributed by atoms with Gasteiger partial charge in [0.05, 0.1) is 19.4 Å². The van der Waals surface area contributed by atoms with E-state index in [-0.39, 0.29) is 30.6 Å². The van der Waals surface area contributed by atoms with Crippen LogP contribution in [0.3, 0.4) is 0 Å². The maximum Gasteiger partial charge on any atom is 0.354 e. The molecule has 2 aromatic carbocycles. The molecule has 0 aromatic heterocycles. The van der Waals surface area contributed by atoms with Crippen molar-refractivity contribution in [1.29, 1.82) is 0 Å². The molecule has 2 heterocycles. The molecule has 2 unspecified atom stereocenters. The lowest BCUT2D eigenvalue weighted by atomic mass is 9.98. The fourth-order valence-electron chi connectivity index (χ4n) is 4.18. The maximum absolute atomic E-state index is 13.5. The second kappa shape index (κ2) is 9.20. The Balaban J connectivity index is 1.50. The number of nitrogens with zero attached hydrogens (tertiary/aromatic N) is 3. The summed E-state index contributed by atoms with van der Waals surface area (Å²) in [7, 11) is 1.65. The molecule has 31 heavy (non-hydrogen) atoms. The van der Waals surface area contributed by atoms with Gasteiger partial charge in [-0.3, -0.25) is 9.80 Å². The molecule has 0 spiro atoms. The summed E-state index contributed by atoms with van der Waals surface area (Å²) in [6.45, 7) is 3.37. The van der Waals surface area contributed by atoms with Crippen molar-refractivity contribution in [2.75, 3.05) is 31.8 Å². The van der Waals surface area contributed by atoms with Gasteiger partial charge in [-0.15, -0.1) is 0 Å². The SMILES string of the molecule is CCOC(=O)C1=NN(c2ccccc2)C(C(=O)N2CCC(c3ccc(OC)cc3)C2)C1. The zero-order valence-corrected chi connectivity index (χ0v) is 17.9. The van der Waals surface area contributed by atoms with Crippen molar-refractivity contribution in [2.45, 2.75) is 31.7 Å². The molecule has 162 valence electrons. The second-order valence-electron chi connectivity index (χ2n) is 7.71. The number of amides is 1. The number of likely N-dealkylation sites (tertiary alicyclic amines) is 1. The van der Waals surface area contributed by atoms with Gasteiger partial charge in [0, 0.05) is 25.4 Å². The number of hydrogen-bond donors (Lipinski definition) is 0. The molecule has 1 saturated heterocycles. The lowest BCUT2D eigenvalue weighted by Crippen LogP contribution is -2.44. The van der Waals surface area contributed by atoms with Crippen LogP contribution >= 0.6 is 0 Å². The first-order valence-electron chi connectivity index (χ1n) is 10.6. The number of methoxy groups -OCH3 is 1. The third kappa shape index (κ3) is 4.40. The highest BCUT2D eigenvalue weighted by atomic mass is 16.5. The minimum atomic E-state index is -0.545. The van der Waals surface area contributed by atoms with Crippen LogP contribution in [0.15, 0.2) is 59.7 Å². The molecular formula is C24H27N3O4. The van der Waals surface area contributed by atoms with Gasteiger partial charge in [0.25, 0.3) is 0 Å². The largest absolute Gasteiger partial charge is 0.497 e. The average Bonchev–Trinajstić information content (AvgIpc) is 3.48. The number of ether oxygens (including phenoxy) is 2. The summed E-state index contributed by atoms with van der Waals surface area (Å²) in [5.74, 6) is 0.633.